The third kappa shape index (κ3) is 3.77. The van der Waals surface area contributed by atoms with Crippen LogP contribution in [0.2, 0.25) is 0 Å². The number of hydrogen-bond acceptors (Lipinski definition) is 6. The van der Waals surface area contributed by atoms with Crippen molar-refractivity contribution < 1.29 is 14.3 Å². The molecule has 0 saturated carbocycles. The standard InChI is InChI=1S/C28H22N2O4S2/c1-16-9-5-6-10-17(16)15-34-20-14-8-7-13-19(20)21-22-24(35-25-23(21)36-28(33)29-25)27(32)30(26(22)31)18-11-3-2-4-12-18/h2-14,21-22,24H,15H2,1H3,(H,29,33). The van der Waals surface area contributed by atoms with Crippen LogP contribution in [0.5, 0.6) is 5.75 Å². The number of nitrogens with one attached hydrogen (secondary N) is 1. The van der Waals surface area contributed by atoms with Gasteiger partial charge >= 0.3 is 4.87 Å². The molecule has 3 atom stereocenters. The van der Waals surface area contributed by atoms with E-state index in [4.69, 9.17) is 4.74 Å². The normalized spacial score (nSPS) is 20.8. The lowest BCUT2D eigenvalue weighted by atomic mass is 9.82. The molecule has 6 nitrogen and oxygen atoms in total. The van der Waals surface area contributed by atoms with Gasteiger partial charge in [0.2, 0.25) is 11.8 Å². The highest BCUT2D eigenvalue weighted by Gasteiger charge is 2.56. The number of aryl methyl sites for hydroxylation is 1. The molecule has 1 fully saturated rings. The molecule has 2 amide bonds. The Labute approximate surface area is 215 Å². The van der Waals surface area contributed by atoms with Gasteiger partial charge in [0.05, 0.1) is 16.6 Å². The van der Waals surface area contributed by atoms with Crippen molar-refractivity contribution in [2.75, 3.05) is 4.90 Å². The van der Waals surface area contributed by atoms with Gasteiger partial charge in [-0.2, -0.15) is 0 Å². The van der Waals surface area contributed by atoms with Crippen LogP contribution >= 0.6 is 23.1 Å². The molecule has 2 aliphatic heterocycles. The van der Waals surface area contributed by atoms with Crippen molar-refractivity contribution in [3.8, 4) is 5.75 Å². The molecule has 0 radical (unpaired) electrons. The molecule has 8 heteroatoms. The molecule has 0 aliphatic carbocycles. The van der Waals surface area contributed by atoms with E-state index in [0.717, 1.165) is 32.9 Å². The van der Waals surface area contributed by atoms with Crippen molar-refractivity contribution in [1.29, 1.82) is 0 Å². The number of para-hydroxylation sites is 2. The Hall–Kier alpha value is -3.62. The first-order valence-electron chi connectivity index (χ1n) is 11.6. The second kappa shape index (κ2) is 9.11. The van der Waals surface area contributed by atoms with E-state index >= 15 is 0 Å². The molecule has 1 N–H and O–H groups in total. The highest BCUT2D eigenvalue weighted by atomic mass is 32.2. The van der Waals surface area contributed by atoms with Gasteiger partial charge in [-0.05, 0) is 36.2 Å². The number of ether oxygens (including phenoxy) is 1. The van der Waals surface area contributed by atoms with Crippen LogP contribution in [0.1, 0.15) is 27.5 Å². The number of imide groups is 1. The summed E-state index contributed by atoms with van der Waals surface area (Å²) in [7, 11) is 0. The molecule has 1 aromatic heterocycles. The third-order valence-corrected chi connectivity index (χ3v) is 9.14. The zero-order valence-corrected chi connectivity index (χ0v) is 21.0. The first-order valence-corrected chi connectivity index (χ1v) is 13.3. The fraction of sp³-hybridized carbons (Fsp3) is 0.179. The van der Waals surface area contributed by atoms with E-state index in [2.05, 4.69) is 4.98 Å². The lowest BCUT2D eigenvalue weighted by molar-refractivity contribution is -0.122. The monoisotopic (exact) mass is 514 g/mol. The average Bonchev–Trinajstić information content (AvgIpc) is 3.38. The zero-order chi connectivity index (χ0) is 24.8. The number of anilines is 1. The summed E-state index contributed by atoms with van der Waals surface area (Å²) in [5.74, 6) is -1.00. The largest absolute Gasteiger partial charge is 0.489 e. The number of rotatable bonds is 5. The summed E-state index contributed by atoms with van der Waals surface area (Å²) in [6, 6.07) is 24.7. The summed E-state index contributed by atoms with van der Waals surface area (Å²) < 4.78 is 6.30. The molecule has 4 aromatic rings. The van der Waals surface area contributed by atoms with Crippen LogP contribution in [0.3, 0.4) is 0 Å². The van der Waals surface area contributed by atoms with E-state index in [1.807, 2.05) is 73.7 Å². The lowest BCUT2D eigenvalue weighted by Gasteiger charge is -2.30. The highest BCUT2D eigenvalue weighted by Crippen LogP contribution is 2.54. The second-order valence-corrected chi connectivity index (χ2v) is 11.0. The molecule has 2 aliphatic rings. The van der Waals surface area contributed by atoms with Crippen molar-refractivity contribution in [3.63, 3.8) is 0 Å². The van der Waals surface area contributed by atoms with Crippen molar-refractivity contribution in [3.05, 3.63) is 110 Å². The van der Waals surface area contributed by atoms with E-state index in [1.54, 1.807) is 12.1 Å². The van der Waals surface area contributed by atoms with Crippen molar-refractivity contribution in [1.82, 2.24) is 4.98 Å². The zero-order valence-electron chi connectivity index (χ0n) is 19.3. The summed E-state index contributed by atoms with van der Waals surface area (Å²) >= 11 is 2.38. The van der Waals surface area contributed by atoms with Gasteiger partial charge in [0, 0.05) is 16.4 Å². The van der Waals surface area contributed by atoms with Gasteiger partial charge < -0.3 is 9.72 Å². The topological polar surface area (TPSA) is 79.5 Å². The van der Waals surface area contributed by atoms with Crippen molar-refractivity contribution in [2.45, 2.75) is 29.7 Å². The number of carbonyl (C=O) groups excluding carboxylic acids is 2. The molecule has 3 aromatic carbocycles. The summed E-state index contributed by atoms with van der Waals surface area (Å²) in [5, 5.41) is 0.0194. The number of fused-ring (bicyclic) bond motifs is 2. The molecule has 1 saturated heterocycles. The lowest BCUT2D eigenvalue weighted by Crippen LogP contribution is -2.32. The predicted molar refractivity (Wildman–Crippen MR) is 141 cm³/mol. The molecule has 3 unspecified atom stereocenters. The number of carbonyl (C=O) groups is 2. The minimum absolute atomic E-state index is 0.199. The Kier molecular flexibility index (Phi) is 5.78. The van der Waals surface area contributed by atoms with Gasteiger partial charge in [0.1, 0.15) is 17.6 Å². The number of aromatic amines is 1. The maximum atomic E-state index is 13.9. The number of benzene rings is 3. The molecule has 3 heterocycles. The Bertz CT molecular complexity index is 1530. The van der Waals surface area contributed by atoms with Crippen LogP contribution in [-0.2, 0) is 16.2 Å². The predicted octanol–water partition coefficient (Wildman–Crippen LogP) is 5.12. The highest BCUT2D eigenvalue weighted by molar-refractivity contribution is 8.00. The molecule has 180 valence electrons. The second-order valence-electron chi connectivity index (χ2n) is 8.85. The first kappa shape index (κ1) is 22.8. The number of amides is 2. The van der Waals surface area contributed by atoms with Crippen LogP contribution in [0.4, 0.5) is 5.69 Å². The van der Waals surface area contributed by atoms with Crippen molar-refractivity contribution >= 4 is 40.6 Å². The number of H-pyrrole nitrogens is 1. The van der Waals surface area contributed by atoms with Crippen LogP contribution in [0, 0.1) is 12.8 Å². The number of nitrogens with zero attached hydrogens (tertiary/aromatic N) is 1. The maximum absolute atomic E-state index is 13.9. The van der Waals surface area contributed by atoms with E-state index in [9.17, 15) is 14.4 Å². The smallest absolute Gasteiger partial charge is 0.305 e. The number of thiazole rings is 1. The number of hydrogen-bond donors (Lipinski definition) is 1. The quantitative estimate of drug-likeness (QED) is 0.374. The van der Waals surface area contributed by atoms with Crippen molar-refractivity contribution in [2.24, 2.45) is 5.92 Å². The molecule has 0 spiro atoms. The minimum atomic E-state index is -0.648. The average molecular weight is 515 g/mol. The molecule has 6 rings (SSSR count). The summed E-state index contributed by atoms with van der Waals surface area (Å²) in [6.45, 7) is 2.41. The van der Waals surface area contributed by atoms with Crippen LogP contribution in [-0.4, -0.2) is 22.0 Å². The Morgan fingerprint density at radius 3 is 2.42 bits per heavy atom. The third-order valence-electron chi connectivity index (χ3n) is 6.74. The fourth-order valence-electron chi connectivity index (χ4n) is 4.98. The van der Waals surface area contributed by atoms with E-state index in [0.29, 0.717) is 23.1 Å². The number of thioether (sulfide) groups is 1. The maximum Gasteiger partial charge on any atom is 0.305 e. The molecular formula is C28H22N2O4S2. The Balaban J connectivity index is 1.43. The van der Waals surface area contributed by atoms with Crippen LogP contribution < -0.4 is 14.5 Å². The first-order chi connectivity index (χ1) is 17.5. The molecular weight excluding hydrogens is 492 g/mol. The minimum Gasteiger partial charge on any atom is -0.489 e. The SMILES string of the molecule is Cc1ccccc1COc1ccccc1C1c2sc(=O)[nH]c2SC2C(=O)N(c3ccccc3)C(=O)C21. The van der Waals surface area contributed by atoms with Gasteiger partial charge in [-0.3, -0.25) is 14.4 Å². The van der Waals surface area contributed by atoms with Crippen LogP contribution in [0.25, 0.3) is 0 Å². The summed E-state index contributed by atoms with van der Waals surface area (Å²) in [4.78, 5) is 44.5. The summed E-state index contributed by atoms with van der Waals surface area (Å²) in [5.41, 5.74) is 3.56. The van der Waals surface area contributed by atoms with E-state index < -0.39 is 17.1 Å². The Morgan fingerprint density at radius 2 is 1.61 bits per heavy atom. The Morgan fingerprint density at radius 1 is 0.889 bits per heavy atom. The van der Waals surface area contributed by atoms with Gasteiger partial charge in [0.15, 0.2) is 0 Å². The summed E-state index contributed by atoms with van der Waals surface area (Å²) in [6.07, 6.45) is 0. The van der Waals surface area contributed by atoms with Gasteiger partial charge in [-0.1, -0.05) is 83.8 Å². The van der Waals surface area contributed by atoms with Gasteiger partial charge in [0.25, 0.3) is 0 Å². The van der Waals surface area contributed by atoms with Gasteiger partial charge in [-0.25, -0.2) is 4.90 Å². The van der Waals surface area contributed by atoms with E-state index in [1.165, 1.54) is 16.7 Å². The molecule has 36 heavy (non-hydrogen) atoms. The fourth-order valence-corrected chi connectivity index (χ4v) is 7.49. The number of aromatic nitrogens is 1. The molecule has 0 bridgehead atoms. The van der Waals surface area contributed by atoms with E-state index in [-0.39, 0.29) is 16.7 Å². The van der Waals surface area contributed by atoms with Crippen LogP contribution in [0.15, 0.2) is 88.7 Å². The van der Waals surface area contributed by atoms with Gasteiger partial charge in [-0.15, -0.1) is 0 Å².